The van der Waals surface area contributed by atoms with Gasteiger partial charge in [0.1, 0.15) is 6.29 Å². The van der Waals surface area contributed by atoms with Gasteiger partial charge in [-0.05, 0) is 25.8 Å². The summed E-state index contributed by atoms with van der Waals surface area (Å²) in [6.07, 6.45) is 15.7. The summed E-state index contributed by atoms with van der Waals surface area (Å²) in [5.41, 5.74) is 2.96. The molecule has 0 spiro atoms. The molecule has 1 aromatic rings. The maximum Gasteiger partial charge on any atom is 0.170 e. The second-order valence-corrected chi connectivity index (χ2v) is 9.17. The number of nitrogens with zero attached hydrogens (tertiary/aromatic N) is 4. The van der Waals surface area contributed by atoms with Crippen molar-refractivity contribution in [2.45, 2.75) is 32.2 Å². The summed E-state index contributed by atoms with van der Waals surface area (Å²) < 4.78 is 27.4. The van der Waals surface area contributed by atoms with Crippen molar-refractivity contribution in [3.05, 3.63) is 41.8 Å². The van der Waals surface area contributed by atoms with E-state index in [2.05, 4.69) is 29.8 Å². The number of carbonyl (C=O) groups excluding carboxylic acids is 1. The van der Waals surface area contributed by atoms with Crippen LogP contribution in [0.4, 0.5) is 21.5 Å². The van der Waals surface area contributed by atoms with E-state index in [1.807, 2.05) is 47.1 Å². The fourth-order valence-corrected chi connectivity index (χ4v) is 4.82. The molecule has 1 unspecified atom stereocenters. The standard InChI is InChI=1S/C26H36FN5O3.C3H4/c1-28-22-19-23(31-10-15-34-16-11-31)25(27)26(32-12-17-35-18-13-32)24(22)21(9-14-33)29-30(2)20-7-5-3-4-6-8-20;1-3-2/h3-5,7,14,19-20,28H,6,8-13,15-18H2,1-2H3;1H,2H3/b29-21+;. The number of benzene rings is 1. The molecular weight excluding hydrogens is 485 g/mol. The third-order valence-corrected chi connectivity index (χ3v) is 6.70. The van der Waals surface area contributed by atoms with E-state index in [9.17, 15) is 4.79 Å². The van der Waals surface area contributed by atoms with Crippen LogP contribution in [0.15, 0.2) is 35.5 Å². The first-order chi connectivity index (χ1) is 18.5. The van der Waals surface area contributed by atoms with Crippen LogP contribution in [0.3, 0.4) is 0 Å². The fourth-order valence-electron chi connectivity index (χ4n) is 4.82. The summed E-state index contributed by atoms with van der Waals surface area (Å²) in [6.45, 7) is 6.22. The van der Waals surface area contributed by atoms with Crippen LogP contribution < -0.4 is 15.1 Å². The number of hydrogen-bond acceptors (Lipinski definition) is 8. The van der Waals surface area contributed by atoms with Gasteiger partial charge in [0, 0.05) is 57.9 Å². The van der Waals surface area contributed by atoms with Crippen molar-refractivity contribution in [3.63, 3.8) is 0 Å². The normalized spacial score (nSPS) is 19.7. The minimum absolute atomic E-state index is 0.0847. The van der Waals surface area contributed by atoms with Crippen LogP contribution in [0.1, 0.15) is 31.7 Å². The molecule has 206 valence electrons. The number of ether oxygens (including phenoxy) is 2. The lowest BCUT2D eigenvalue weighted by Gasteiger charge is -2.35. The molecule has 1 aliphatic carbocycles. The lowest BCUT2D eigenvalue weighted by atomic mass is 9.99. The number of allylic oxidation sites excluding steroid dienone is 3. The molecule has 4 rings (SSSR count). The SMILES string of the molecule is C#CC.CNc1cc(N2CCOCC2)c(F)c(N2CCOCC2)c1/C(CC=O)=N/N(C)C1C=CC=CCC1. The van der Waals surface area contributed by atoms with Crippen LogP contribution >= 0.6 is 0 Å². The van der Waals surface area contributed by atoms with Crippen LogP contribution in [-0.4, -0.2) is 89.8 Å². The average molecular weight is 526 g/mol. The van der Waals surface area contributed by atoms with Crippen molar-refractivity contribution >= 4 is 29.1 Å². The number of terminal acetylenes is 1. The number of hydrogen-bond donors (Lipinski definition) is 1. The zero-order chi connectivity index (χ0) is 27.3. The Bertz CT molecular complexity index is 1050. The van der Waals surface area contributed by atoms with E-state index in [4.69, 9.17) is 14.6 Å². The van der Waals surface area contributed by atoms with E-state index in [0.29, 0.717) is 75.3 Å². The molecule has 0 bridgehead atoms. The number of hydrazone groups is 1. The summed E-state index contributed by atoms with van der Waals surface area (Å²) >= 11 is 0. The van der Waals surface area contributed by atoms with Gasteiger partial charge in [0.05, 0.1) is 49.6 Å². The van der Waals surface area contributed by atoms with Gasteiger partial charge in [0.25, 0.3) is 0 Å². The van der Waals surface area contributed by atoms with E-state index in [1.165, 1.54) is 0 Å². The van der Waals surface area contributed by atoms with Crippen LogP contribution in [0.5, 0.6) is 0 Å². The summed E-state index contributed by atoms with van der Waals surface area (Å²) in [5.74, 6) is 1.96. The van der Waals surface area contributed by atoms with E-state index in [0.717, 1.165) is 24.8 Å². The zero-order valence-corrected chi connectivity index (χ0v) is 22.8. The lowest BCUT2D eigenvalue weighted by molar-refractivity contribution is -0.106. The molecule has 9 heteroatoms. The molecule has 0 aromatic heterocycles. The second-order valence-electron chi connectivity index (χ2n) is 9.17. The largest absolute Gasteiger partial charge is 0.387 e. The minimum atomic E-state index is -0.289. The Labute approximate surface area is 226 Å². The first kappa shape index (κ1) is 29.2. The third-order valence-electron chi connectivity index (χ3n) is 6.70. The Balaban J connectivity index is 0.00000127. The van der Waals surface area contributed by atoms with Crippen molar-refractivity contribution in [1.29, 1.82) is 0 Å². The van der Waals surface area contributed by atoms with Gasteiger partial charge in [0.15, 0.2) is 5.82 Å². The smallest absolute Gasteiger partial charge is 0.170 e. The van der Waals surface area contributed by atoms with E-state index in [1.54, 1.807) is 6.92 Å². The van der Waals surface area contributed by atoms with Gasteiger partial charge in [-0.3, -0.25) is 5.01 Å². The van der Waals surface area contributed by atoms with Gasteiger partial charge in [-0.2, -0.15) is 5.10 Å². The number of aldehydes is 1. The quantitative estimate of drug-likeness (QED) is 0.240. The third kappa shape index (κ3) is 7.36. The molecule has 2 aliphatic heterocycles. The molecule has 2 fully saturated rings. The van der Waals surface area contributed by atoms with Crippen molar-refractivity contribution in [2.75, 3.05) is 81.8 Å². The predicted molar refractivity (Wildman–Crippen MR) is 153 cm³/mol. The van der Waals surface area contributed by atoms with Crippen molar-refractivity contribution in [1.82, 2.24) is 5.01 Å². The number of carbonyl (C=O) groups is 1. The maximum atomic E-state index is 16.4. The molecule has 1 N–H and O–H groups in total. The fraction of sp³-hybridized carbons (Fsp3) is 0.517. The molecular formula is C29H40FN5O3. The van der Waals surface area contributed by atoms with Crippen LogP contribution in [-0.2, 0) is 14.3 Å². The molecule has 8 nitrogen and oxygen atoms in total. The average Bonchev–Trinajstić information content (AvgIpc) is 3.24. The molecule has 38 heavy (non-hydrogen) atoms. The lowest BCUT2D eigenvalue weighted by Crippen LogP contribution is -2.40. The monoisotopic (exact) mass is 525 g/mol. The number of likely N-dealkylation sites (N-methyl/N-ethyl adjacent to an activating group) is 1. The topological polar surface area (TPSA) is 69.6 Å². The van der Waals surface area contributed by atoms with Crippen LogP contribution in [0, 0.1) is 18.2 Å². The van der Waals surface area contributed by atoms with Gasteiger partial charge in [-0.1, -0.05) is 24.3 Å². The summed E-state index contributed by atoms with van der Waals surface area (Å²) in [4.78, 5) is 15.8. The number of rotatable bonds is 8. The molecule has 1 aromatic carbocycles. The number of nitrogens with one attached hydrogen (secondary N) is 1. The van der Waals surface area contributed by atoms with E-state index < -0.39 is 0 Å². The Kier molecular flexibility index (Phi) is 11.7. The number of morpholine rings is 2. The Morgan fingerprint density at radius 3 is 2.45 bits per heavy atom. The van der Waals surface area contributed by atoms with Crippen molar-refractivity contribution in [3.8, 4) is 12.3 Å². The highest BCUT2D eigenvalue weighted by molar-refractivity contribution is 6.14. The van der Waals surface area contributed by atoms with Gasteiger partial charge >= 0.3 is 0 Å². The van der Waals surface area contributed by atoms with Crippen molar-refractivity contribution < 1.29 is 18.7 Å². The molecule has 1 atom stereocenters. The molecule has 2 saturated heterocycles. The van der Waals surface area contributed by atoms with Gasteiger partial charge in [0.2, 0.25) is 0 Å². The van der Waals surface area contributed by atoms with Gasteiger partial charge in [-0.15, -0.1) is 12.3 Å². The second kappa shape index (κ2) is 15.2. The van der Waals surface area contributed by atoms with Gasteiger partial charge < -0.3 is 29.4 Å². The predicted octanol–water partition coefficient (Wildman–Crippen LogP) is 3.68. The zero-order valence-electron chi connectivity index (χ0n) is 22.8. The Morgan fingerprint density at radius 2 is 1.84 bits per heavy atom. The minimum Gasteiger partial charge on any atom is -0.387 e. The summed E-state index contributed by atoms with van der Waals surface area (Å²) in [7, 11) is 3.74. The molecule has 0 amide bonds. The van der Waals surface area contributed by atoms with Crippen LogP contribution in [0.25, 0.3) is 0 Å². The Morgan fingerprint density at radius 1 is 1.21 bits per heavy atom. The maximum absolute atomic E-state index is 16.4. The highest BCUT2D eigenvalue weighted by atomic mass is 19.1. The molecule has 0 saturated carbocycles. The molecule has 2 heterocycles. The number of anilines is 3. The first-order valence-corrected chi connectivity index (χ1v) is 13.2. The molecule has 0 radical (unpaired) electrons. The summed E-state index contributed by atoms with van der Waals surface area (Å²) in [6, 6.07) is 1.93. The number of halogens is 1. The first-order valence-electron chi connectivity index (χ1n) is 13.2. The highest BCUT2D eigenvalue weighted by Crippen LogP contribution is 2.39. The summed E-state index contributed by atoms with van der Waals surface area (Å²) in [5, 5.41) is 10.0. The van der Waals surface area contributed by atoms with E-state index in [-0.39, 0.29) is 18.3 Å². The van der Waals surface area contributed by atoms with E-state index >= 15 is 4.39 Å². The molecule has 3 aliphatic rings. The van der Waals surface area contributed by atoms with Gasteiger partial charge in [-0.25, -0.2) is 4.39 Å². The highest BCUT2D eigenvalue weighted by Gasteiger charge is 2.29. The van der Waals surface area contributed by atoms with Crippen LogP contribution in [0.2, 0.25) is 0 Å². The Hall–Kier alpha value is -3.35. The van der Waals surface area contributed by atoms with Crippen molar-refractivity contribution in [2.24, 2.45) is 5.10 Å².